The number of alkyl halides is 18. The van der Waals surface area contributed by atoms with Gasteiger partial charge in [0.2, 0.25) is 0 Å². The van der Waals surface area contributed by atoms with Crippen LogP contribution in [0.15, 0.2) is 0 Å². The number of rotatable bonds is 11. The lowest BCUT2D eigenvalue weighted by atomic mass is 9.91. The average molecular weight is 613 g/mol. The fourth-order valence-electron chi connectivity index (χ4n) is 2.00. The Morgan fingerprint density at radius 2 is 0.618 bits per heavy atom. The molecule has 0 N–H and O–H groups in total. The fourth-order valence-corrected chi connectivity index (χ4v) is 2.25. The first-order chi connectivity index (χ1) is 14.7. The van der Waals surface area contributed by atoms with Crippen molar-refractivity contribution in [2.75, 3.05) is 0 Å². The highest BCUT2D eigenvalue weighted by atomic mass is 79.9. The van der Waals surface area contributed by atoms with E-state index >= 15 is 0 Å². The summed E-state index contributed by atoms with van der Waals surface area (Å²) in [5, 5.41) is 0. The monoisotopic (exact) mass is 612 g/mol. The molecular formula is C16H18BrF17. The molecule has 0 saturated carbocycles. The van der Waals surface area contributed by atoms with Gasteiger partial charge in [-0.3, -0.25) is 0 Å². The van der Waals surface area contributed by atoms with E-state index in [1.54, 1.807) is 0 Å². The van der Waals surface area contributed by atoms with Crippen LogP contribution in [-0.4, -0.2) is 46.5 Å². The zero-order valence-electron chi connectivity index (χ0n) is 17.0. The summed E-state index contributed by atoms with van der Waals surface area (Å²) in [5.41, 5.74) is 0. The summed E-state index contributed by atoms with van der Waals surface area (Å²) in [4.78, 5) is -6.50. The first-order valence-electron chi connectivity index (χ1n) is 9.07. The van der Waals surface area contributed by atoms with Crippen LogP contribution in [-0.2, 0) is 0 Å². The zero-order chi connectivity index (χ0) is 28.2. The van der Waals surface area contributed by atoms with Crippen LogP contribution in [0.4, 0.5) is 74.6 Å². The van der Waals surface area contributed by atoms with Gasteiger partial charge in [-0.25, -0.2) is 0 Å². The number of unbranched alkanes of at least 4 members (excludes halogenated alkanes) is 5. The van der Waals surface area contributed by atoms with Crippen LogP contribution < -0.4 is 0 Å². The molecule has 0 aliphatic carbocycles. The molecule has 0 atom stereocenters. The molecule has 0 saturated heterocycles. The molecule has 34 heavy (non-hydrogen) atoms. The first-order valence-corrected chi connectivity index (χ1v) is 9.86. The summed E-state index contributed by atoms with van der Waals surface area (Å²) < 4.78 is 212. The second-order valence-electron chi connectivity index (χ2n) is 6.86. The number of hydrogen-bond acceptors (Lipinski definition) is 0. The lowest BCUT2D eigenvalue weighted by molar-refractivity contribution is -0.457. The van der Waals surface area contributed by atoms with Gasteiger partial charge in [0.15, 0.2) is 0 Å². The molecule has 0 amide bonds. The maximum absolute atomic E-state index is 12.9. The molecule has 0 nitrogen and oxygen atoms in total. The van der Waals surface area contributed by atoms with Crippen LogP contribution in [0.25, 0.3) is 0 Å². The molecule has 0 radical (unpaired) electrons. The molecule has 0 fully saturated rings. The van der Waals surface area contributed by atoms with Crippen molar-refractivity contribution in [2.45, 2.75) is 98.9 Å². The summed E-state index contributed by atoms with van der Waals surface area (Å²) in [6.45, 7) is 4.51. The Morgan fingerprint density at radius 1 is 0.382 bits per heavy atom. The molecule has 0 aromatic heterocycles. The van der Waals surface area contributed by atoms with E-state index in [0.717, 1.165) is 0 Å². The van der Waals surface area contributed by atoms with Crippen molar-refractivity contribution in [1.29, 1.82) is 0 Å². The van der Waals surface area contributed by atoms with Crippen molar-refractivity contribution in [1.82, 2.24) is 0 Å². The van der Waals surface area contributed by atoms with Gasteiger partial charge in [0.25, 0.3) is 0 Å². The van der Waals surface area contributed by atoms with Gasteiger partial charge in [-0.2, -0.15) is 74.6 Å². The Kier molecular flexibility index (Phi) is 11.6. The van der Waals surface area contributed by atoms with Crippen molar-refractivity contribution in [3.05, 3.63) is 0 Å². The second-order valence-corrected chi connectivity index (χ2v) is 7.85. The lowest BCUT2D eigenvalue weighted by Gasteiger charge is -2.42. The summed E-state index contributed by atoms with van der Waals surface area (Å²) in [6.07, 6.45) is 0.745. The van der Waals surface area contributed by atoms with E-state index in [9.17, 15) is 74.6 Å². The minimum Gasteiger partial charge on any atom is -0.192 e. The van der Waals surface area contributed by atoms with E-state index in [4.69, 9.17) is 0 Å². The molecule has 18 heteroatoms. The van der Waals surface area contributed by atoms with Gasteiger partial charge in [0.1, 0.15) is 0 Å². The highest BCUT2D eigenvalue weighted by Gasteiger charge is 2.95. The summed E-state index contributed by atoms with van der Waals surface area (Å²) in [7, 11) is 0. The fraction of sp³-hybridized carbons (Fsp3) is 1.00. The van der Waals surface area contributed by atoms with Gasteiger partial charge in [0.05, 0.1) is 0 Å². The predicted molar refractivity (Wildman–Crippen MR) is 88.7 cm³/mol. The van der Waals surface area contributed by atoms with Gasteiger partial charge < -0.3 is 0 Å². The predicted octanol–water partition coefficient (Wildman–Crippen LogP) is 9.71. The van der Waals surface area contributed by atoms with Gasteiger partial charge >= 0.3 is 46.5 Å². The number of hydrogen-bond donors (Lipinski definition) is 0. The largest absolute Gasteiger partial charge is 0.460 e. The normalized spacial score (nSPS) is 15.2. The van der Waals surface area contributed by atoms with E-state index in [-0.39, 0.29) is 0 Å². The zero-order valence-corrected chi connectivity index (χ0v) is 18.6. The molecule has 0 spiro atoms. The Balaban J connectivity index is 0. The molecule has 208 valence electrons. The third kappa shape index (κ3) is 6.34. The second kappa shape index (κ2) is 11.1. The average Bonchev–Trinajstić information content (AvgIpc) is 2.63. The van der Waals surface area contributed by atoms with E-state index in [0.29, 0.717) is 15.9 Å². The van der Waals surface area contributed by atoms with E-state index < -0.39 is 46.5 Å². The maximum Gasteiger partial charge on any atom is 0.460 e. The number of halogens is 18. The molecule has 0 aliphatic heterocycles. The maximum atomic E-state index is 12.9. The van der Waals surface area contributed by atoms with Crippen LogP contribution in [0.5, 0.6) is 0 Å². The molecular weight excluding hydrogens is 595 g/mol. The van der Waals surface area contributed by atoms with Crippen LogP contribution in [0.1, 0.15) is 52.4 Å². The quantitative estimate of drug-likeness (QED) is 0.124. The standard InChI is InChI=1S/C8BrF17.C8H18/c9-7(22,23)5(18,19)3(14,15)1(10,11)2(12,13)4(16,17)6(20,21)8(24,25)26;1-3-5-7-8-6-4-2/h;3-8H2,1-2H3. The SMILES string of the molecule is CCCCCCCC.FC(F)(F)C(F)(F)C(F)(F)C(F)(F)C(F)(F)C(F)(F)C(F)(F)C(F)(F)Br. The topological polar surface area (TPSA) is 0 Å². The van der Waals surface area contributed by atoms with Gasteiger partial charge in [-0.1, -0.05) is 52.4 Å². The van der Waals surface area contributed by atoms with E-state index in [1.807, 2.05) is 0 Å². The summed E-state index contributed by atoms with van der Waals surface area (Å²) >= 11 is 0.360. The van der Waals surface area contributed by atoms with Crippen molar-refractivity contribution in [3.63, 3.8) is 0 Å². The molecule has 0 rings (SSSR count). The summed E-state index contributed by atoms with van der Waals surface area (Å²) in [6, 6.07) is 0. The molecule has 0 aromatic rings. The van der Waals surface area contributed by atoms with Crippen LogP contribution in [0.2, 0.25) is 0 Å². The molecule has 0 unspecified atom stereocenters. The molecule has 0 aromatic carbocycles. The molecule has 0 aliphatic rings. The smallest absolute Gasteiger partial charge is 0.192 e. The Bertz CT molecular complexity index is 564. The third-order valence-electron chi connectivity index (χ3n) is 4.14. The van der Waals surface area contributed by atoms with Crippen LogP contribution in [0, 0.1) is 0 Å². The Hall–Kier alpha value is -0.710. The van der Waals surface area contributed by atoms with Crippen LogP contribution in [0.3, 0.4) is 0 Å². The Morgan fingerprint density at radius 3 is 0.824 bits per heavy atom. The van der Waals surface area contributed by atoms with E-state index in [1.165, 1.54) is 38.5 Å². The third-order valence-corrected chi connectivity index (χ3v) is 4.64. The van der Waals surface area contributed by atoms with Gasteiger partial charge in [-0.15, -0.1) is 0 Å². The van der Waals surface area contributed by atoms with Crippen molar-refractivity contribution >= 4 is 15.9 Å². The van der Waals surface area contributed by atoms with E-state index in [2.05, 4.69) is 13.8 Å². The van der Waals surface area contributed by atoms with Crippen LogP contribution >= 0.6 is 15.9 Å². The minimum atomic E-state index is -8.58. The highest BCUT2D eigenvalue weighted by Crippen LogP contribution is 2.64. The minimum absolute atomic E-state index is 0.360. The highest BCUT2D eigenvalue weighted by molar-refractivity contribution is 9.10. The van der Waals surface area contributed by atoms with Gasteiger partial charge in [-0.05, 0) is 15.9 Å². The molecule has 0 bridgehead atoms. The Labute approximate surface area is 190 Å². The molecule has 0 heterocycles. The van der Waals surface area contributed by atoms with Crippen molar-refractivity contribution in [2.24, 2.45) is 0 Å². The van der Waals surface area contributed by atoms with Gasteiger partial charge in [0, 0.05) is 0 Å². The summed E-state index contributed by atoms with van der Waals surface area (Å²) in [5.74, 6) is -49.6. The lowest BCUT2D eigenvalue weighted by Crippen LogP contribution is -2.74. The van der Waals surface area contributed by atoms with Crippen molar-refractivity contribution in [3.8, 4) is 0 Å². The van der Waals surface area contributed by atoms with Crippen molar-refractivity contribution < 1.29 is 74.6 Å². The first kappa shape index (κ1) is 35.5.